The SMILES string of the molecule is CNC(=O)[C@H](Cc1ccccc1)NC(=O)[C@H](CCCCNCCCC=O)CC(=O)O. The van der Waals surface area contributed by atoms with Crippen molar-refractivity contribution in [1.29, 1.82) is 0 Å². The number of benzene rings is 1. The molecule has 1 rings (SSSR count). The van der Waals surface area contributed by atoms with Gasteiger partial charge in [-0.05, 0) is 37.9 Å². The number of carbonyl (C=O) groups is 4. The van der Waals surface area contributed by atoms with Crippen LogP contribution in [0.1, 0.15) is 44.1 Å². The largest absolute Gasteiger partial charge is 0.481 e. The fraction of sp³-hybridized carbons (Fsp3) is 0.545. The zero-order chi connectivity index (χ0) is 22.2. The lowest BCUT2D eigenvalue weighted by atomic mass is 9.96. The molecular weight excluding hydrogens is 386 g/mol. The molecule has 2 amide bonds. The molecular formula is C22H33N3O5. The number of likely N-dealkylation sites (N-methyl/N-ethyl adjacent to an activating group) is 1. The van der Waals surface area contributed by atoms with Crippen LogP contribution in [0.15, 0.2) is 30.3 Å². The molecule has 0 aliphatic rings. The Bertz CT molecular complexity index is 666. The van der Waals surface area contributed by atoms with Gasteiger partial charge in [0, 0.05) is 25.8 Å². The minimum absolute atomic E-state index is 0.273. The van der Waals surface area contributed by atoms with Gasteiger partial charge in [0.05, 0.1) is 6.42 Å². The molecule has 0 radical (unpaired) electrons. The second kappa shape index (κ2) is 15.1. The van der Waals surface area contributed by atoms with Gasteiger partial charge in [0.25, 0.3) is 0 Å². The Hall–Kier alpha value is -2.74. The van der Waals surface area contributed by atoms with E-state index in [1.807, 2.05) is 30.3 Å². The first-order valence-corrected chi connectivity index (χ1v) is 10.4. The smallest absolute Gasteiger partial charge is 0.304 e. The molecule has 1 aromatic rings. The number of rotatable bonds is 16. The summed E-state index contributed by atoms with van der Waals surface area (Å²) in [5, 5.41) is 17.7. The highest BCUT2D eigenvalue weighted by Gasteiger charge is 2.26. The van der Waals surface area contributed by atoms with Crippen molar-refractivity contribution in [2.75, 3.05) is 20.1 Å². The van der Waals surface area contributed by atoms with Crippen molar-refractivity contribution >= 4 is 24.1 Å². The Balaban J connectivity index is 2.58. The van der Waals surface area contributed by atoms with Gasteiger partial charge in [0.2, 0.25) is 11.8 Å². The van der Waals surface area contributed by atoms with Crippen LogP contribution >= 0.6 is 0 Å². The zero-order valence-corrected chi connectivity index (χ0v) is 17.6. The highest BCUT2D eigenvalue weighted by molar-refractivity contribution is 5.89. The van der Waals surface area contributed by atoms with Gasteiger partial charge in [-0.25, -0.2) is 0 Å². The number of hydrogen-bond donors (Lipinski definition) is 4. The summed E-state index contributed by atoms with van der Waals surface area (Å²) in [5.41, 5.74) is 0.904. The molecule has 0 aliphatic carbocycles. The van der Waals surface area contributed by atoms with Gasteiger partial charge in [0.15, 0.2) is 0 Å². The molecule has 30 heavy (non-hydrogen) atoms. The fourth-order valence-electron chi connectivity index (χ4n) is 3.14. The van der Waals surface area contributed by atoms with E-state index in [0.29, 0.717) is 25.7 Å². The Labute approximate surface area is 177 Å². The quantitative estimate of drug-likeness (QED) is 0.236. The lowest BCUT2D eigenvalue weighted by Gasteiger charge is -2.21. The number of carboxylic acid groups (broad SMARTS) is 1. The first kappa shape index (κ1) is 25.3. The molecule has 1 aromatic carbocycles. The molecule has 0 unspecified atom stereocenters. The predicted octanol–water partition coefficient (Wildman–Crippen LogP) is 1.29. The topological polar surface area (TPSA) is 125 Å². The summed E-state index contributed by atoms with van der Waals surface area (Å²) in [6.45, 7) is 1.50. The molecule has 166 valence electrons. The van der Waals surface area contributed by atoms with Crippen LogP contribution in [0.25, 0.3) is 0 Å². The molecule has 0 heterocycles. The molecule has 0 fully saturated rings. The Morgan fingerprint density at radius 1 is 1.03 bits per heavy atom. The monoisotopic (exact) mass is 419 g/mol. The van der Waals surface area contributed by atoms with Crippen LogP contribution in [0.5, 0.6) is 0 Å². The van der Waals surface area contributed by atoms with E-state index >= 15 is 0 Å². The number of carboxylic acids is 1. The van der Waals surface area contributed by atoms with Crippen molar-refractivity contribution in [3.8, 4) is 0 Å². The van der Waals surface area contributed by atoms with Gasteiger partial charge in [-0.2, -0.15) is 0 Å². The molecule has 0 saturated heterocycles. The third-order valence-electron chi connectivity index (χ3n) is 4.79. The van der Waals surface area contributed by atoms with Crippen LogP contribution in [0.3, 0.4) is 0 Å². The summed E-state index contributed by atoms with van der Waals surface area (Å²) in [6, 6.07) is 8.58. The number of amides is 2. The number of unbranched alkanes of at least 4 members (excludes halogenated alkanes) is 2. The van der Waals surface area contributed by atoms with E-state index in [1.54, 1.807) is 0 Å². The van der Waals surface area contributed by atoms with Crippen molar-refractivity contribution in [1.82, 2.24) is 16.0 Å². The normalized spacial score (nSPS) is 12.6. The van der Waals surface area contributed by atoms with Crippen molar-refractivity contribution in [2.24, 2.45) is 5.92 Å². The van der Waals surface area contributed by atoms with E-state index < -0.39 is 23.8 Å². The summed E-state index contributed by atoms with van der Waals surface area (Å²) in [7, 11) is 1.50. The molecule has 4 N–H and O–H groups in total. The van der Waals surface area contributed by atoms with Crippen LogP contribution in [-0.4, -0.2) is 55.4 Å². The number of aldehydes is 1. The molecule has 8 nitrogen and oxygen atoms in total. The maximum atomic E-state index is 12.7. The van der Waals surface area contributed by atoms with Gasteiger partial charge >= 0.3 is 5.97 Å². The predicted molar refractivity (Wildman–Crippen MR) is 114 cm³/mol. The van der Waals surface area contributed by atoms with E-state index in [4.69, 9.17) is 0 Å². The average molecular weight is 420 g/mol. The molecule has 0 aliphatic heterocycles. The van der Waals surface area contributed by atoms with Gasteiger partial charge in [-0.3, -0.25) is 14.4 Å². The third-order valence-corrected chi connectivity index (χ3v) is 4.79. The van der Waals surface area contributed by atoms with E-state index in [0.717, 1.165) is 37.8 Å². The molecule has 0 spiro atoms. The highest BCUT2D eigenvalue weighted by Crippen LogP contribution is 2.14. The van der Waals surface area contributed by atoms with E-state index in [-0.39, 0.29) is 12.3 Å². The third kappa shape index (κ3) is 10.7. The van der Waals surface area contributed by atoms with Gasteiger partial charge in [-0.1, -0.05) is 36.8 Å². The average Bonchev–Trinajstić information content (AvgIpc) is 2.74. The number of carbonyl (C=O) groups excluding carboxylic acids is 3. The Morgan fingerprint density at radius 3 is 2.37 bits per heavy atom. The van der Waals surface area contributed by atoms with Crippen LogP contribution in [-0.2, 0) is 25.6 Å². The van der Waals surface area contributed by atoms with Gasteiger partial charge < -0.3 is 25.9 Å². The first-order chi connectivity index (χ1) is 14.5. The van der Waals surface area contributed by atoms with Crippen molar-refractivity contribution < 1.29 is 24.3 Å². The molecule has 8 heteroatoms. The number of hydrogen-bond acceptors (Lipinski definition) is 5. The fourth-order valence-corrected chi connectivity index (χ4v) is 3.14. The second-order valence-corrected chi connectivity index (χ2v) is 7.21. The first-order valence-electron chi connectivity index (χ1n) is 10.4. The number of aliphatic carboxylic acids is 1. The maximum Gasteiger partial charge on any atom is 0.304 e. The van der Waals surface area contributed by atoms with Crippen molar-refractivity contribution in [2.45, 2.75) is 51.0 Å². The standard InChI is InChI=1S/C22H33N3O5/c1-23-22(30)19(15-17-9-3-2-4-10-17)25-21(29)18(16-20(27)28)11-5-6-12-24-13-7-8-14-26/h2-4,9-10,14,18-19,24H,5-8,11-13,15-16H2,1H3,(H,23,30)(H,25,29)(H,27,28)/t18-,19+/m1/s1. The number of nitrogens with one attached hydrogen (secondary N) is 3. The summed E-state index contributed by atoms with van der Waals surface area (Å²) in [5.74, 6) is -2.47. The summed E-state index contributed by atoms with van der Waals surface area (Å²) < 4.78 is 0. The Kier molecular flexibility index (Phi) is 12.8. The van der Waals surface area contributed by atoms with Crippen LogP contribution in [0, 0.1) is 5.92 Å². The van der Waals surface area contributed by atoms with E-state index in [2.05, 4.69) is 16.0 Å². The summed E-state index contributed by atoms with van der Waals surface area (Å²) >= 11 is 0. The van der Waals surface area contributed by atoms with Crippen LogP contribution < -0.4 is 16.0 Å². The Morgan fingerprint density at radius 2 is 1.73 bits per heavy atom. The zero-order valence-electron chi connectivity index (χ0n) is 17.6. The van der Waals surface area contributed by atoms with Crippen molar-refractivity contribution in [3.63, 3.8) is 0 Å². The second-order valence-electron chi connectivity index (χ2n) is 7.21. The maximum absolute atomic E-state index is 12.7. The molecule has 2 atom stereocenters. The van der Waals surface area contributed by atoms with Gasteiger partial charge in [-0.15, -0.1) is 0 Å². The van der Waals surface area contributed by atoms with E-state index in [9.17, 15) is 24.3 Å². The lowest BCUT2D eigenvalue weighted by Crippen LogP contribution is -2.49. The van der Waals surface area contributed by atoms with E-state index in [1.165, 1.54) is 7.05 Å². The highest BCUT2D eigenvalue weighted by atomic mass is 16.4. The molecule has 0 aromatic heterocycles. The van der Waals surface area contributed by atoms with Gasteiger partial charge in [0.1, 0.15) is 12.3 Å². The molecule has 0 saturated carbocycles. The summed E-state index contributed by atoms with van der Waals surface area (Å²) in [4.78, 5) is 46.5. The van der Waals surface area contributed by atoms with Crippen LogP contribution in [0.4, 0.5) is 0 Å². The minimum atomic E-state index is -1.04. The lowest BCUT2D eigenvalue weighted by molar-refractivity contribution is -0.141. The summed E-state index contributed by atoms with van der Waals surface area (Å²) in [6.07, 6.45) is 4.18. The van der Waals surface area contributed by atoms with Crippen molar-refractivity contribution in [3.05, 3.63) is 35.9 Å². The minimum Gasteiger partial charge on any atom is -0.481 e. The molecule has 0 bridgehead atoms. The van der Waals surface area contributed by atoms with Crippen LogP contribution in [0.2, 0.25) is 0 Å².